The van der Waals surface area contributed by atoms with Gasteiger partial charge in [-0.15, -0.1) is 0 Å². The lowest BCUT2D eigenvalue weighted by molar-refractivity contribution is 0.337. The summed E-state index contributed by atoms with van der Waals surface area (Å²) in [5, 5.41) is 3.46. The van der Waals surface area contributed by atoms with Crippen LogP contribution in [-0.4, -0.2) is 37.7 Å². The molecule has 0 bridgehead atoms. The van der Waals surface area contributed by atoms with E-state index in [1.807, 2.05) is 19.1 Å². The van der Waals surface area contributed by atoms with E-state index in [1.165, 1.54) is 38.9 Å². The van der Waals surface area contributed by atoms with E-state index < -0.39 is 0 Å². The zero-order valence-electron chi connectivity index (χ0n) is 11.3. The number of hydrogen-bond donors (Lipinski definition) is 1. The van der Waals surface area contributed by atoms with Crippen molar-refractivity contribution in [3.05, 3.63) is 24.3 Å². The first kappa shape index (κ1) is 13.2. The van der Waals surface area contributed by atoms with Crippen LogP contribution in [0.4, 0.5) is 5.69 Å². The molecule has 1 saturated heterocycles. The Bertz CT molecular complexity index is 348. The molecule has 18 heavy (non-hydrogen) atoms. The summed E-state index contributed by atoms with van der Waals surface area (Å²) in [5.41, 5.74) is 1.15. The minimum Gasteiger partial charge on any atom is -0.494 e. The number of rotatable bonds is 7. The lowest BCUT2D eigenvalue weighted by Gasteiger charge is -2.15. The molecule has 1 aromatic carbocycles. The average Bonchev–Trinajstić information content (AvgIpc) is 2.89. The Balaban J connectivity index is 1.67. The smallest absolute Gasteiger partial charge is 0.121 e. The van der Waals surface area contributed by atoms with Gasteiger partial charge in [0.1, 0.15) is 5.75 Å². The lowest BCUT2D eigenvalue weighted by Crippen LogP contribution is -2.22. The van der Waals surface area contributed by atoms with Gasteiger partial charge >= 0.3 is 0 Å². The molecule has 1 fully saturated rings. The third-order valence-corrected chi connectivity index (χ3v) is 3.32. The minimum absolute atomic E-state index is 0.721. The Kier molecular flexibility index (Phi) is 5.34. The molecule has 0 saturated carbocycles. The topological polar surface area (TPSA) is 24.5 Å². The van der Waals surface area contributed by atoms with Crippen molar-refractivity contribution in [2.45, 2.75) is 26.2 Å². The summed E-state index contributed by atoms with van der Waals surface area (Å²) in [4.78, 5) is 2.55. The first-order chi connectivity index (χ1) is 8.88. The molecule has 0 aliphatic carbocycles. The third-order valence-electron chi connectivity index (χ3n) is 3.32. The number of nitrogens with zero attached hydrogens (tertiary/aromatic N) is 1. The van der Waals surface area contributed by atoms with Gasteiger partial charge in [0.15, 0.2) is 0 Å². The maximum atomic E-state index is 5.49. The van der Waals surface area contributed by atoms with E-state index in [1.54, 1.807) is 0 Å². The molecule has 3 heteroatoms. The highest BCUT2D eigenvalue weighted by Crippen LogP contribution is 2.17. The molecule has 0 radical (unpaired) electrons. The Morgan fingerprint density at radius 2 is 2.11 bits per heavy atom. The fourth-order valence-electron chi connectivity index (χ4n) is 2.40. The number of anilines is 1. The van der Waals surface area contributed by atoms with Crippen molar-refractivity contribution in [3.8, 4) is 5.75 Å². The Labute approximate surface area is 110 Å². The van der Waals surface area contributed by atoms with Crippen LogP contribution in [0, 0.1) is 0 Å². The van der Waals surface area contributed by atoms with E-state index in [9.17, 15) is 0 Å². The Hall–Kier alpha value is -1.22. The van der Waals surface area contributed by atoms with Gasteiger partial charge in [-0.25, -0.2) is 0 Å². The van der Waals surface area contributed by atoms with Crippen LogP contribution in [0.5, 0.6) is 5.75 Å². The second-order valence-corrected chi connectivity index (χ2v) is 4.79. The van der Waals surface area contributed by atoms with Crippen molar-refractivity contribution < 1.29 is 4.74 Å². The van der Waals surface area contributed by atoms with Crippen LogP contribution in [0.15, 0.2) is 24.3 Å². The molecule has 0 spiro atoms. The van der Waals surface area contributed by atoms with Crippen molar-refractivity contribution in [1.29, 1.82) is 0 Å². The number of hydrogen-bond acceptors (Lipinski definition) is 3. The number of benzene rings is 1. The fraction of sp³-hybridized carbons (Fsp3) is 0.600. The Morgan fingerprint density at radius 3 is 2.89 bits per heavy atom. The standard InChI is InChI=1S/C15H24N2O/c1-2-18-15-8-5-7-14(13-15)16-9-6-12-17-10-3-4-11-17/h5,7-8,13,16H,2-4,6,9-12H2,1H3. The molecule has 0 atom stereocenters. The lowest BCUT2D eigenvalue weighted by atomic mass is 10.3. The molecule has 0 amide bonds. The second-order valence-electron chi connectivity index (χ2n) is 4.79. The fourth-order valence-corrected chi connectivity index (χ4v) is 2.40. The van der Waals surface area contributed by atoms with E-state index in [0.717, 1.165) is 24.6 Å². The van der Waals surface area contributed by atoms with E-state index in [2.05, 4.69) is 22.3 Å². The van der Waals surface area contributed by atoms with E-state index >= 15 is 0 Å². The van der Waals surface area contributed by atoms with Gasteiger partial charge in [-0.2, -0.15) is 0 Å². The van der Waals surface area contributed by atoms with Gasteiger partial charge in [-0.05, 0) is 58.0 Å². The van der Waals surface area contributed by atoms with Crippen molar-refractivity contribution in [3.63, 3.8) is 0 Å². The van der Waals surface area contributed by atoms with Crippen LogP contribution in [0.2, 0.25) is 0 Å². The maximum Gasteiger partial charge on any atom is 0.121 e. The van der Waals surface area contributed by atoms with Gasteiger partial charge < -0.3 is 15.0 Å². The summed E-state index contributed by atoms with van der Waals surface area (Å²) >= 11 is 0. The number of likely N-dealkylation sites (tertiary alicyclic amines) is 1. The van der Waals surface area contributed by atoms with E-state index in [-0.39, 0.29) is 0 Å². The summed E-state index contributed by atoms with van der Waals surface area (Å²) in [6.07, 6.45) is 3.96. The molecule has 1 aliphatic heterocycles. The van der Waals surface area contributed by atoms with Gasteiger partial charge in [0, 0.05) is 18.3 Å². The number of ether oxygens (including phenoxy) is 1. The third kappa shape index (κ3) is 4.22. The van der Waals surface area contributed by atoms with E-state index in [0.29, 0.717) is 0 Å². The van der Waals surface area contributed by atoms with Crippen molar-refractivity contribution >= 4 is 5.69 Å². The van der Waals surface area contributed by atoms with Crippen LogP contribution in [-0.2, 0) is 0 Å². The van der Waals surface area contributed by atoms with Gasteiger partial charge in [-0.3, -0.25) is 0 Å². The Morgan fingerprint density at radius 1 is 1.28 bits per heavy atom. The summed E-state index contributed by atoms with van der Waals surface area (Å²) in [6.45, 7) is 7.57. The van der Waals surface area contributed by atoms with Crippen LogP contribution in [0.25, 0.3) is 0 Å². The zero-order chi connectivity index (χ0) is 12.6. The molecule has 1 aromatic rings. The molecular weight excluding hydrogens is 224 g/mol. The van der Waals surface area contributed by atoms with Gasteiger partial charge in [-0.1, -0.05) is 6.07 Å². The van der Waals surface area contributed by atoms with Crippen LogP contribution >= 0.6 is 0 Å². The highest BCUT2D eigenvalue weighted by Gasteiger charge is 2.09. The zero-order valence-corrected chi connectivity index (χ0v) is 11.3. The summed E-state index contributed by atoms with van der Waals surface area (Å²) in [5.74, 6) is 0.946. The predicted octanol–water partition coefficient (Wildman–Crippen LogP) is 2.98. The SMILES string of the molecule is CCOc1cccc(NCCCN2CCCC2)c1. The van der Waals surface area contributed by atoms with Gasteiger partial charge in [0.2, 0.25) is 0 Å². The molecule has 100 valence electrons. The van der Waals surface area contributed by atoms with Crippen LogP contribution < -0.4 is 10.1 Å². The summed E-state index contributed by atoms with van der Waals surface area (Å²) in [6, 6.07) is 8.20. The van der Waals surface area contributed by atoms with Crippen molar-refractivity contribution in [2.24, 2.45) is 0 Å². The second kappa shape index (κ2) is 7.27. The summed E-state index contributed by atoms with van der Waals surface area (Å²) in [7, 11) is 0. The molecule has 1 heterocycles. The van der Waals surface area contributed by atoms with E-state index in [4.69, 9.17) is 4.74 Å². The molecule has 0 unspecified atom stereocenters. The van der Waals surface area contributed by atoms with Crippen molar-refractivity contribution in [1.82, 2.24) is 4.90 Å². The normalized spacial score (nSPS) is 15.8. The monoisotopic (exact) mass is 248 g/mol. The van der Waals surface area contributed by atoms with Gasteiger partial charge in [0.05, 0.1) is 6.61 Å². The molecular formula is C15H24N2O. The molecule has 2 rings (SSSR count). The minimum atomic E-state index is 0.721. The maximum absolute atomic E-state index is 5.49. The first-order valence-electron chi connectivity index (χ1n) is 7.07. The average molecular weight is 248 g/mol. The largest absolute Gasteiger partial charge is 0.494 e. The molecule has 0 aromatic heterocycles. The molecule has 3 nitrogen and oxygen atoms in total. The summed E-state index contributed by atoms with van der Waals surface area (Å²) < 4.78 is 5.49. The highest BCUT2D eigenvalue weighted by molar-refractivity contribution is 5.48. The van der Waals surface area contributed by atoms with Crippen LogP contribution in [0.1, 0.15) is 26.2 Å². The first-order valence-corrected chi connectivity index (χ1v) is 7.07. The van der Waals surface area contributed by atoms with Crippen molar-refractivity contribution in [2.75, 3.05) is 38.1 Å². The van der Waals surface area contributed by atoms with Crippen LogP contribution in [0.3, 0.4) is 0 Å². The van der Waals surface area contributed by atoms with Gasteiger partial charge in [0.25, 0.3) is 0 Å². The molecule has 1 N–H and O–H groups in total. The highest BCUT2D eigenvalue weighted by atomic mass is 16.5. The predicted molar refractivity (Wildman–Crippen MR) is 76.4 cm³/mol. The number of nitrogens with one attached hydrogen (secondary N) is 1. The quantitative estimate of drug-likeness (QED) is 0.751. The molecule has 1 aliphatic rings.